The standard InChI is InChI=1S/C19H17N5/c20-10-14-4-3-7-18(21-14)23-11-15(12-23)24-17-6-2-1-5-16(17)22-19(24)13-8-9-13/h1-7,13,15H,8-9,11-12H2. The Labute approximate surface area is 140 Å². The predicted octanol–water partition coefficient (Wildman–Crippen LogP) is 3.24. The molecule has 2 aromatic heterocycles. The summed E-state index contributed by atoms with van der Waals surface area (Å²) in [6, 6.07) is 16.6. The molecule has 0 atom stereocenters. The second-order valence-corrected chi connectivity index (χ2v) is 6.65. The van der Waals surface area contributed by atoms with E-state index in [2.05, 4.69) is 44.8 Å². The van der Waals surface area contributed by atoms with Gasteiger partial charge in [-0.1, -0.05) is 18.2 Å². The van der Waals surface area contributed by atoms with E-state index >= 15 is 0 Å². The SMILES string of the molecule is N#Cc1cccc(N2CC(n3c(C4CC4)nc4ccccc43)C2)n1. The van der Waals surface area contributed by atoms with Crippen LogP contribution >= 0.6 is 0 Å². The Balaban J connectivity index is 1.46. The van der Waals surface area contributed by atoms with Gasteiger partial charge in [-0.05, 0) is 37.1 Å². The normalized spacial score (nSPS) is 17.7. The summed E-state index contributed by atoms with van der Waals surface area (Å²) in [6.45, 7) is 1.84. The molecule has 0 spiro atoms. The summed E-state index contributed by atoms with van der Waals surface area (Å²) in [5, 5.41) is 9.02. The van der Waals surface area contributed by atoms with Crippen molar-refractivity contribution in [1.29, 1.82) is 5.26 Å². The van der Waals surface area contributed by atoms with Crippen molar-refractivity contribution in [1.82, 2.24) is 14.5 Å². The molecular weight excluding hydrogens is 298 g/mol. The quantitative estimate of drug-likeness (QED) is 0.744. The third-order valence-corrected chi connectivity index (χ3v) is 4.97. The summed E-state index contributed by atoms with van der Waals surface area (Å²) in [4.78, 5) is 11.5. The van der Waals surface area contributed by atoms with E-state index < -0.39 is 0 Å². The molecule has 5 heteroatoms. The van der Waals surface area contributed by atoms with Crippen LogP contribution in [-0.4, -0.2) is 27.6 Å². The fourth-order valence-corrected chi connectivity index (χ4v) is 3.54. The van der Waals surface area contributed by atoms with Gasteiger partial charge >= 0.3 is 0 Å². The number of imidazole rings is 1. The van der Waals surface area contributed by atoms with Crippen LogP contribution in [0.15, 0.2) is 42.5 Å². The van der Waals surface area contributed by atoms with E-state index in [1.807, 2.05) is 12.1 Å². The molecule has 0 N–H and O–H groups in total. The first kappa shape index (κ1) is 13.6. The molecule has 3 aromatic rings. The number of nitriles is 1. The van der Waals surface area contributed by atoms with Crippen LogP contribution < -0.4 is 4.90 Å². The fraction of sp³-hybridized carbons (Fsp3) is 0.316. The Kier molecular flexibility index (Phi) is 2.86. The topological polar surface area (TPSA) is 57.7 Å². The van der Waals surface area contributed by atoms with Crippen molar-refractivity contribution in [2.75, 3.05) is 18.0 Å². The summed E-state index contributed by atoms with van der Waals surface area (Å²) in [7, 11) is 0. The van der Waals surface area contributed by atoms with Gasteiger partial charge in [-0.3, -0.25) is 0 Å². The lowest BCUT2D eigenvalue weighted by atomic mass is 10.1. The van der Waals surface area contributed by atoms with Gasteiger partial charge in [0.25, 0.3) is 0 Å². The van der Waals surface area contributed by atoms with Gasteiger partial charge in [-0.2, -0.15) is 5.26 Å². The van der Waals surface area contributed by atoms with Crippen LogP contribution in [0.25, 0.3) is 11.0 Å². The van der Waals surface area contributed by atoms with E-state index in [4.69, 9.17) is 10.2 Å². The van der Waals surface area contributed by atoms with E-state index in [0.717, 1.165) is 24.4 Å². The number of anilines is 1. The average Bonchev–Trinajstić information content (AvgIpc) is 3.36. The first-order valence-electron chi connectivity index (χ1n) is 8.42. The van der Waals surface area contributed by atoms with E-state index in [9.17, 15) is 0 Å². The molecule has 3 heterocycles. The molecule has 1 aliphatic carbocycles. The molecule has 24 heavy (non-hydrogen) atoms. The van der Waals surface area contributed by atoms with Crippen LogP contribution in [-0.2, 0) is 0 Å². The molecule has 0 bridgehead atoms. The Hall–Kier alpha value is -2.87. The minimum atomic E-state index is 0.431. The average molecular weight is 315 g/mol. The van der Waals surface area contributed by atoms with E-state index in [0.29, 0.717) is 17.7 Å². The highest BCUT2D eigenvalue weighted by atomic mass is 15.3. The van der Waals surface area contributed by atoms with E-state index in [1.165, 1.54) is 24.2 Å². The zero-order valence-corrected chi connectivity index (χ0v) is 13.3. The summed E-state index contributed by atoms with van der Waals surface area (Å²) in [5.74, 6) is 2.77. The summed E-state index contributed by atoms with van der Waals surface area (Å²) in [5.41, 5.74) is 2.81. The summed E-state index contributed by atoms with van der Waals surface area (Å²) >= 11 is 0. The van der Waals surface area contributed by atoms with Crippen LogP contribution in [0.3, 0.4) is 0 Å². The monoisotopic (exact) mass is 315 g/mol. The smallest absolute Gasteiger partial charge is 0.142 e. The van der Waals surface area contributed by atoms with Gasteiger partial charge in [0.05, 0.1) is 17.1 Å². The van der Waals surface area contributed by atoms with E-state index in [-0.39, 0.29) is 0 Å². The van der Waals surface area contributed by atoms with Crippen LogP contribution in [0.5, 0.6) is 0 Å². The Morgan fingerprint density at radius 1 is 1.00 bits per heavy atom. The number of para-hydroxylation sites is 2. The number of aromatic nitrogens is 3. The van der Waals surface area contributed by atoms with Crippen LogP contribution in [0.2, 0.25) is 0 Å². The number of hydrogen-bond donors (Lipinski definition) is 0. The van der Waals surface area contributed by atoms with Gasteiger partial charge in [0.2, 0.25) is 0 Å². The maximum atomic E-state index is 9.02. The van der Waals surface area contributed by atoms with Crippen LogP contribution in [0.4, 0.5) is 5.82 Å². The van der Waals surface area contributed by atoms with Crippen molar-refractivity contribution < 1.29 is 0 Å². The zero-order chi connectivity index (χ0) is 16.1. The van der Waals surface area contributed by atoms with Crippen molar-refractivity contribution in [3.05, 3.63) is 54.0 Å². The van der Waals surface area contributed by atoms with Gasteiger partial charge < -0.3 is 9.47 Å². The van der Waals surface area contributed by atoms with Gasteiger partial charge in [-0.15, -0.1) is 0 Å². The lowest BCUT2D eigenvalue weighted by Gasteiger charge is -2.41. The van der Waals surface area contributed by atoms with Crippen molar-refractivity contribution in [3.8, 4) is 6.07 Å². The van der Waals surface area contributed by atoms with Gasteiger partial charge in [-0.25, -0.2) is 9.97 Å². The molecule has 0 radical (unpaired) electrons. The molecule has 1 saturated heterocycles. The van der Waals surface area contributed by atoms with Crippen LogP contribution in [0, 0.1) is 11.3 Å². The molecule has 2 aliphatic rings. The Bertz CT molecular complexity index is 957. The largest absolute Gasteiger partial charge is 0.352 e. The third kappa shape index (κ3) is 2.07. The molecule has 118 valence electrons. The highest BCUT2D eigenvalue weighted by Gasteiger charge is 2.36. The summed E-state index contributed by atoms with van der Waals surface area (Å²) < 4.78 is 2.44. The van der Waals surface area contributed by atoms with Crippen molar-refractivity contribution in [3.63, 3.8) is 0 Å². The van der Waals surface area contributed by atoms with Gasteiger partial charge in [0.1, 0.15) is 23.4 Å². The molecule has 1 aromatic carbocycles. The molecule has 0 amide bonds. The number of fused-ring (bicyclic) bond motifs is 1. The molecular formula is C19H17N5. The molecule has 0 unspecified atom stereocenters. The molecule has 1 saturated carbocycles. The van der Waals surface area contributed by atoms with Crippen molar-refractivity contribution in [2.45, 2.75) is 24.8 Å². The second-order valence-electron chi connectivity index (χ2n) is 6.65. The first-order chi connectivity index (χ1) is 11.8. The fourth-order valence-electron chi connectivity index (χ4n) is 3.54. The maximum Gasteiger partial charge on any atom is 0.142 e. The Morgan fingerprint density at radius 2 is 1.83 bits per heavy atom. The van der Waals surface area contributed by atoms with Gasteiger partial charge in [0, 0.05) is 19.0 Å². The lowest BCUT2D eigenvalue weighted by Crippen LogP contribution is -2.48. The van der Waals surface area contributed by atoms with Crippen molar-refractivity contribution >= 4 is 16.9 Å². The number of pyridine rings is 1. The highest BCUT2D eigenvalue weighted by Crippen LogP contribution is 2.43. The molecule has 2 fully saturated rings. The molecule has 5 rings (SSSR count). The minimum absolute atomic E-state index is 0.431. The van der Waals surface area contributed by atoms with Gasteiger partial charge in [0.15, 0.2) is 0 Å². The molecule has 1 aliphatic heterocycles. The number of hydrogen-bond acceptors (Lipinski definition) is 4. The predicted molar refractivity (Wildman–Crippen MR) is 91.9 cm³/mol. The Morgan fingerprint density at radius 3 is 2.62 bits per heavy atom. The summed E-state index contributed by atoms with van der Waals surface area (Å²) in [6.07, 6.45) is 2.51. The third-order valence-electron chi connectivity index (χ3n) is 4.97. The van der Waals surface area contributed by atoms with Crippen LogP contribution in [0.1, 0.15) is 36.3 Å². The second kappa shape index (κ2) is 5.07. The minimum Gasteiger partial charge on any atom is -0.352 e. The maximum absolute atomic E-state index is 9.02. The number of benzene rings is 1. The van der Waals surface area contributed by atoms with Crippen molar-refractivity contribution in [2.24, 2.45) is 0 Å². The zero-order valence-electron chi connectivity index (χ0n) is 13.3. The number of rotatable bonds is 3. The molecule has 5 nitrogen and oxygen atoms in total. The number of nitrogens with zero attached hydrogens (tertiary/aromatic N) is 5. The first-order valence-corrected chi connectivity index (χ1v) is 8.42. The van der Waals surface area contributed by atoms with E-state index in [1.54, 1.807) is 6.07 Å². The lowest BCUT2D eigenvalue weighted by molar-refractivity contribution is 0.395. The highest BCUT2D eigenvalue weighted by molar-refractivity contribution is 5.76.